The van der Waals surface area contributed by atoms with E-state index in [0.29, 0.717) is 18.0 Å². The van der Waals surface area contributed by atoms with Crippen molar-refractivity contribution < 1.29 is 14.7 Å². The fraction of sp³-hybridized carbons (Fsp3) is 0.700. The molecule has 2 aliphatic rings. The van der Waals surface area contributed by atoms with Crippen LogP contribution in [0.1, 0.15) is 53.9 Å². The number of hydrogen-bond donors (Lipinski definition) is 2. The first-order chi connectivity index (χ1) is 11.2. The van der Waals surface area contributed by atoms with E-state index < -0.39 is 6.10 Å². The van der Waals surface area contributed by atoms with Crippen LogP contribution in [0, 0.1) is 23.2 Å². The monoisotopic (exact) mass is 333 g/mol. The summed E-state index contributed by atoms with van der Waals surface area (Å²) >= 11 is 0. The molecule has 0 radical (unpaired) electrons. The zero-order valence-corrected chi connectivity index (χ0v) is 15.6. The summed E-state index contributed by atoms with van der Waals surface area (Å²) in [5, 5.41) is 13.9. The van der Waals surface area contributed by atoms with Gasteiger partial charge in [0.1, 0.15) is 0 Å². The van der Waals surface area contributed by atoms with Crippen LogP contribution in [0.2, 0.25) is 0 Å². The van der Waals surface area contributed by atoms with Gasteiger partial charge in [0.05, 0.1) is 6.10 Å². The third-order valence-electron chi connectivity index (χ3n) is 5.77. The van der Waals surface area contributed by atoms with Gasteiger partial charge >= 0.3 is 0 Å². The second kappa shape index (κ2) is 7.22. The zero-order valence-electron chi connectivity index (χ0n) is 15.6. The molecule has 0 aromatic heterocycles. The van der Waals surface area contributed by atoms with E-state index in [4.69, 9.17) is 0 Å². The molecule has 2 aliphatic carbocycles. The topological polar surface area (TPSA) is 66.4 Å². The molecule has 0 aliphatic heterocycles. The second-order valence-electron chi connectivity index (χ2n) is 8.06. The normalized spacial score (nSPS) is 31.2. The average molecular weight is 333 g/mol. The molecule has 0 aromatic rings. The van der Waals surface area contributed by atoms with Crippen molar-refractivity contribution in [3.63, 3.8) is 0 Å². The number of carbonyl (C=O) groups excluding carboxylic acids is 2. The minimum Gasteiger partial charge on any atom is -0.388 e. The molecule has 1 amide bonds. The molecular formula is C20H31NO3. The Balaban J connectivity index is 2.12. The lowest BCUT2D eigenvalue weighted by Gasteiger charge is -2.45. The van der Waals surface area contributed by atoms with Crippen molar-refractivity contribution in [3.05, 3.63) is 23.3 Å². The third-order valence-corrected chi connectivity index (χ3v) is 5.77. The average Bonchev–Trinajstić information content (AvgIpc) is 2.50. The fourth-order valence-corrected chi connectivity index (χ4v) is 4.01. The Bertz CT molecular complexity index is 575. The van der Waals surface area contributed by atoms with Crippen molar-refractivity contribution in [2.75, 3.05) is 6.54 Å². The molecular weight excluding hydrogens is 302 g/mol. The molecule has 2 N–H and O–H groups in total. The zero-order chi connectivity index (χ0) is 18.1. The quantitative estimate of drug-likeness (QED) is 0.813. The summed E-state index contributed by atoms with van der Waals surface area (Å²) < 4.78 is 0. The summed E-state index contributed by atoms with van der Waals surface area (Å²) in [5.74, 6) is 0.115. The Labute approximate surface area is 145 Å². The summed E-state index contributed by atoms with van der Waals surface area (Å²) in [5.41, 5.74) is 1.19. The molecule has 2 rings (SSSR count). The molecule has 1 fully saturated rings. The predicted molar refractivity (Wildman–Crippen MR) is 95.3 cm³/mol. The van der Waals surface area contributed by atoms with Crippen LogP contribution in [0.25, 0.3) is 0 Å². The van der Waals surface area contributed by atoms with E-state index in [9.17, 15) is 14.7 Å². The summed E-state index contributed by atoms with van der Waals surface area (Å²) in [6.07, 6.45) is 5.40. The highest BCUT2D eigenvalue weighted by molar-refractivity contribution is 6.05. The highest BCUT2D eigenvalue weighted by Crippen LogP contribution is 2.49. The van der Waals surface area contributed by atoms with Crippen molar-refractivity contribution in [1.82, 2.24) is 5.32 Å². The molecule has 0 unspecified atom stereocenters. The number of fused-ring (bicyclic) bond motifs is 1. The molecule has 134 valence electrons. The highest BCUT2D eigenvalue weighted by Gasteiger charge is 2.46. The van der Waals surface area contributed by atoms with Crippen molar-refractivity contribution in [1.29, 1.82) is 0 Å². The predicted octanol–water partition coefficient (Wildman–Crippen LogP) is 3.02. The molecule has 0 spiro atoms. The summed E-state index contributed by atoms with van der Waals surface area (Å²) in [4.78, 5) is 24.5. The molecule has 0 saturated heterocycles. The number of nitrogens with one attached hydrogen (secondary N) is 1. The lowest BCUT2D eigenvalue weighted by Crippen LogP contribution is -2.46. The number of aliphatic hydroxyl groups is 1. The maximum absolute atomic E-state index is 12.4. The highest BCUT2D eigenvalue weighted by atomic mass is 16.3. The maximum atomic E-state index is 12.4. The summed E-state index contributed by atoms with van der Waals surface area (Å²) in [6, 6.07) is 0. The van der Waals surface area contributed by atoms with E-state index in [-0.39, 0.29) is 28.9 Å². The van der Waals surface area contributed by atoms with Gasteiger partial charge in [0, 0.05) is 23.8 Å². The first-order valence-corrected chi connectivity index (χ1v) is 9.08. The number of amides is 1. The van der Waals surface area contributed by atoms with Crippen LogP contribution >= 0.6 is 0 Å². The van der Waals surface area contributed by atoms with Gasteiger partial charge in [-0.3, -0.25) is 9.59 Å². The summed E-state index contributed by atoms with van der Waals surface area (Å²) in [7, 11) is 0. The fourth-order valence-electron chi connectivity index (χ4n) is 4.01. The number of rotatable bonds is 5. The van der Waals surface area contributed by atoms with Crippen molar-refractivity contribution in [2.45, 2.75) is 60.0 Å². The molecule has 0 aromatic carbocycles. The molecule has 4 heteroatoms. The van der Waals surface area contributed by atoms with Gasteiger partial charge in [-0.2, -0.15) is 0 Å². The van der Waals surface area contributed by atoms with Gasteiger partial charge in [0.2, 0.25) is 5.91 Å². The SMILES string of the molecule is CC1=C2[C@@H](O)[C@H]([C@@H](C)C(=O)NCCC(C)C)CC[C@@]2(C)C=CC1=O. The number of ketones is 1. The van der Waals surface area contributed by atoms with Crippen LogP contribution in [0.3, 0.4) is 0 Å². The van der Waals surface area contributed by atoms with Gasteiger partial charge in [-0.25, -0.2) is 0 Å². The van der Waals surface area contributed by atoms with Gasteiger partial charge < -0.3 is 10.4 Å². The Morgan fingerprint density at radius 2 is 2.08 bits per heavy atom. The molecule has 24 heavy (non-hydrogen) atoms. The van der Waals surface area contributed by atoms with Crippen LogP contribution in [-0.2, 0) is 9.59 Å². The molecule has 0 heterocycles. The van der Waals surface area contributed by atoms with E-state index >= 15 is 0 Å². The van der Waals surface area contributed by atoms with Crippen LogP contribution in [0.15, 0.2) is 23.3 Å². The lowest BCUT2D eigenvalue weighted by atomic mass is 9.61. The van der Waals surface area contributed by atoms with Crippen LogP contribution in [0.5, 0.6) is 0 Å². The number of allylic oxidation sites excluding steroid dienone is 3. The second-order valence-corrected chi connectivity index (χ2v) is 8.06. The van der Waals surface area contributed by atoms with Crippen LogP contribution < -0.4 is 5.32 Å². The number of hydrogen-bond acceptors (Lipinski definition) is 3. The minimum absolute atomic E-state index is 0.000709. The third kappa shape index (κ3) is 3.64. The Kier molecular flexibility index (Phi) is 5.69. The van der Waals surface area contributed by atoms with E-state index in [1.807, 2.05) is 13.0 Å². The Hall–Kier alpha value is -1.42. The van der Waals surface area contributed by atoms with Gasteiger partial charge in [0.15, 0.2) is 5.78 Å². The minimum atomic E-state index is -0.733. The van der Waals surface area contributed by atoms with Crippen molar-refractivity contribution in [2.24, 2.45) is 23.2 Å². The van der Waals surface area contributed by atoms with Gasteiger partial charge in [-0.1, -0.05) is 33.8 Å². The van der Waals surface area contributed by atoms with Crippen LogP contribution in [-0.4, -0.2) is 29.4 Å². The van der Waals surface area contributed by atoms with Crippen molar-refractivity contribution >= 4 is 11.7 Å². The van der Waals surface area contributed by atoms with E-state index in [1.54, 1.807) is 13.0 Å². The molecule has 0 bridgehead atoms. The van der Waals surface area contributed by atoms with Gasteiger partial charge in [-0.05, 0) is 49.3 Å². The smallest absolute Gasteiger partial charge is 0.223 e. The van der Waals surface area contributed by atoms with E-state index in [0.717, 1.165) is 24.8 Å². The Morgan fingerprint density at radius 1 is 1.42 bits per heavy atom. The van der Waals surface area contributed by atoms with Crippen molar-refractivity contribution in [3.8, 4) is 0 Å². The largest absolute Gasteiger partial charge is 0.388 e. The lowest BCUT2D eigenvalue weighted by molar-refractivity contribution is -0.128. The molecule has 4 atom stereocenters. The summed E-state index contributed by atoms with van der Waals surface area (Å²) in [6.45, 7) is 10.7. The standard InChI is InChI=1S/C20H31NO3/c1-12(2)8-11-21-19(24)13(3)15-6-9-20(5)10-7-16(22)14(4)17(20)18(15)23/h7,10,12-13,15,18,23H,6,8-9,11H2,1-5H3,(H,21,24)/t13-,15+,18+,20+/m1/s1. The number of aliphatic hydroxyl groups excluding tert-OH is 1. The van der Waals surface area contributed by atoms with Crippen LogP contribution in [0.4, 0.5) is 0 Å². The van der Waals surface area contributed by atoms with E-state index in [1.165, 1.54) is 0 Å². The number of carbonyl (C=O) groups is 2. The van der Waals surface area contributed by atoms with Gasteiger partial charge in [0.25, 0.3) is 0 Å². The first-order valence-electron chi connectivity index (χ1n) is 9.08. The molecule has 1 saturated carbocycles. The maximum Gasteiger partial charge on any atom is 0.223 e. The first kappa shape index (κ1) is 18.9. The molecule has 4 nitrogen and oxygen atoms in total. The van der Waals surface area contributed by atoms with E-state index in [2.05, 4.69) is 26.1 Å². The Morgan fingerprint density at radius 3 is 2.71 bits per heavy atom. The van der Waals surface area contributed by atoms with Gasteiger partial charge in [-0.15, -0.1) is 0 Å².